The molecule has 0 unspecified atom stereocenters. The SMILES string of the molecule is CCCCCn1c(=O)[nH]c2ncc(Cl)c(-c3cccc(COC)c3)c21. The lowest BCUT2D eigenvalue weighted by atomic mass is 10.0. The molecule has 0 fully saturated rings. The Morgan fingerprint density at radius 3 is 2.92 bits per heavy atom. The number of halogens is 1. The number of benzene rings is 1. The fourth-order valence-electron chi connectivity index (χ4n) is 3.09. The number of hydrogen-bond acceptors (Lipinski definition) is 3. The number of methoxy groups -OCH3 is 1. The largest absolute Gasteiger partial charge is 0.380 e. The fourth-order valence-corrected chi connectivity index (χ4v) is 3.34. The van der Waals surface area contributed by atoms with Gasteiger partial charge in [0.05, 0.1) is 17.1 Å². The van der Waals surface area contributed by atoms with Gasteiger partial charge in [-0.2, -0.15) is 0 Å². The highest BCUT2D eigenvalue weighted by atomic mass is 35.5. The number of nitrogens with zero attached hydrogens (tertiary/aromatic N) is 2. The Labute approximate surface area is 151 Å². The molecule has 0 atom stereocenters. The van der Waals surface area contributed by atoms with Crippen LogP contribution < -0.4 is 5.69 Å². The summed E-state index contributed by atoms with van der Waals surface area (Å²) in [5.74, 6) is 0. The number of aromatic nitrogens is 3. The van der Waals surface area contributed by atoms with Crippen molar-refractivity contribution in [3.63, 3.8) is 0 Å². The molecule has 0 saturated carbocycles. The van der Waals surface area contributed by atoms with Crippen LogP contribution in [0, 0.1) is 0 Å². The van der Waals surface area contributed by atoms with Gasteiger partial charge in [0, 0.05) is 25.4 Å². The van der Waals surface area contributed by atoms with Crippen LogP contribution >= 0.6 is 11.6 Å². The third-order valence-electron chi connectivity index (χ3n) is 4.26. The summed E-state index contributed by atoms with van der Waals surface area (Å²) in [5, 5.41) is 0.533. The van der Waals surface area contributed by atoms with Crippen LogP contribution in [0.1, 0.15) is 31.7 Å². The molecule has 0 aliphatic heterocycles. The van der Waals surface area contributed by atoms with E-state index in [9.17, 15) is 4.79 Å². The van der Waals surface area contributed by atoms with Crippen molar-refractivity contribution in [2.75, 3.05) is 7.11 Å². The minimum atomic E-state index is -0.143. The van der Waals surface area contributed by atoms with E-state index in [-0.39, 0.29) is 5.69 Å². The van der Waals surface area contributed by atoms with Gasteiger partial charge in [0.15, 0.2) is 5.65 Å². The molecule has 6 heteroatoms. The molecule has 25 heavy (non-hydrogen) atoms. The summed E-state index contributed by atoms with van der Waals surface area (Å²) in [6.07, 6.45) is 4.71. The zero-order valence-electron chi connectivity index (χ0n) is 14.5. The summed E-state index contributed by atoms with van der Waals surface area (Å²) >= 11 is 6.49. The molecule has 0 radical (unpaired) electrons. The van der Waals surface area contributed by atoms with Crippen molar-refractivity contribution in [2.24, 2.45) is 0 Å². The number of hydrogen-bond donors (Lipinski definition) is 1. The molecule has 132 valence electrons. The van der Waals surface area contributed by atoms with Gasteiger partial charge in [-0.1, -0.05) is 49.6 Å². The topological polar surface area (TPSA) is 59.9 Å². The van der Waals surface area contributed by atoms with Gasteiger partial charge in [-0.3, -0.25) is 9.55 Å². The number of aryl methyl sites for hydroxylation is 1. The van der Waals surface area contributed by atoms with Crippen molar-refractivity contribution in [3.8, 4) is 11.1 Å². The van der Waals surface area contributed by atoms with Gasteiger partial charge in [0.2, 0.25) is 0 Å². The zero-order chi connectivity index (χ0) is 17.8. The van der Waals surface area contributed by atoms with Gasteiger partial charge in [-0.25, -0.2) is 9.78 Å². The lowest BCUT2D eigenvalue weighted by Crippen LogP contribution is -2.17. The Balaban J connectivity index is 2.18. The van der Waals surface area contributed by atoms with Crippen molar-refractivity contribution in [3.05, 3.63) is 51.5 Å². The quantitative estimate of drug-likeness (QED) is 0.637. The monoisotopic (exact) mass is 359 g/mol. The average Bonchev–Trinajstić information content (AvgIpc) is 2.91. The van der Waals surface area contributed by atoms with E-state index < -0.39 is 0 Å². The third-order valence-corrected chi connectivity index (χ3v) is 4.55. The van der Waals surface area contributed by atoms with Crippen LogP contribution in [0.25, 0.3) is 22.3 Å². The average molecular weight is 360 g/mol. The number of aromatic amines is 1. The van der Waals surface area contributed by atoms with E-state index in [2.05, 4.69) is 16.9 Å². The van der Waals surface area contributed by atoms with Crippen molar-refractivity contribution >= 4 is 22.8 Å². The molecule has 0 spiro atoms. The van der Waals surface area contributed by atoms with Crippen molar-refractivity contribution in [2.45, 2.75) is 39.3 Å². The van der Waals surface area contributed by atoms with Gasteiger partial charge in [-0.15, -0.1) is 0 Å². The number of rotatable bonds is 7. The van der Waals surface area contributed by atoms with Crippen molar-refractivity contribution in [1.29, 1.82) is 0 Å². The number of pyridine rings is 1. The van der Waals surface area contributed by atoms with Crippen LogP contribution in [0.15, 0.2) is 35.3 Å². The van der Waals surface area contributed by atoms with Crippen molar-refractivity contribution in [1.82, 2.24) is 14.5 Å². The normalized spacial score (nSPS) is 11.3. The molecule has 2 aromatic heterocycles. The third kappa shape index (κ3) is 3.62. The molecule has 0 amide bonds. The molecule has 5 nitrogen and oxygen atoms in total. The zero-order valence-corrected chi connectivity index (χ0v) is 15.3. The van der Waals surface area contributed by atoms with Crippen LogP contribution in [-0.4, -0.2) is 21.6 Å². The van der Waals surface area contributed by atoms with E-state index in [4.69, 9.17) is 16.3 Å². The Bertz CT molecular complexity index is 930. The van der Waals surface area contributed by atoms with Crippen LogP contribution in [0.2, 0.25) is 5.02 Å². The molecule has 1 aromatic carbocycles. The van der Waals surface area contributed by atoms with Crippen LogP contribution in [0.3, 0.4) is 0 Å². The van der Waals surface area contributed by atoms with Crippen LogP contribution in [0.4, 0.5) is 0 Å². The van der Waals surface area contributed by atoms with Gasteiger partial charge in [0.1, 0.15) is 0 Å². The molecule has 3 rings (SSSR count). The maximum atomic E-state index is 12.4. The number of unbranched alkanes of at least 4 members (excludes halogenated alkanes) is 2. The highest BCUT2D eigenvalue weighted by Crippen LogP contribution is 2.33. The molecule has 2 heterocycles. The Hall–Kier alpha value is -2.11. The first kappa shape index (κ1) is 17.7. The van der Waals surface area contributed by atoms with Gasteiger partial charge in [0.25, 0.3) is 0 Å². The number of imidazole rings is 1. The van der Waals surface area contributed by atoms with E-state index in [1.807, 2.05) is 24.3 Å². The number of fused-ring (bicyclic) bond motifs is 1. The summed E-state index contributed by atoms with van der Waals surface area (Å²) in [6, 6.07) is 8.01. The maximum Gasteiger partial charge on any atom is 0.327 e. The predicted octanol–water partition coefficient (Wildman–Crippen LogP) is 4.38. The predicted molar refractivity (Wildman–Crippen MR) is 101 cm³/mol. The van der Waals surface area contributed by atoms with E-state index in [0.717, 1.165) is 41.5 Å². The van der Waals surface area contributed by atoms with Crippen molar-refractivity contribution < 1.29 is 4.74 Å². The molecular weight excluding hydrogens is 338 g/mol. The lowest BCUT2D eigenvalue weighted by Gasteiger charge is -2.11. The summed E-state index contributed by atoms with van der Waals surface area (Å²) < 4.78 is 6.98. The van der Waals surface area contributed by atoms with E-state index >= 15 is 0 Å². The number of H-pyrrole nitrogens is 1. The molecular formula is C19H22ClN3O2. The minimum Gasteiger partial charge on any atom is -0.380 e. The second-order valence-corrected chi connectivity index (χ2v) is 6.51. The Morgan fingerprint density at radius 1 is 1.32 bits per heavy atom. The first-order valence-electron chi connectivity index (χ1n) is 8.51. The fraction of sp³-hybridized carbons (Fsp3) is 0.368. The van der Waals surface area contributed by atoms with Gasteiger partial charge < -0.3 is 4.74 Å². The highest BCUT2D eigenvalue weighted by Gasteiger charge is 2.17. The molecule has 3 aromatic rings. The van der Waals surface area contributed by atoms with Crippen LogP contribution in [0.5, 0.6) is 0 Å². The smallest absolute Gasteiger partial charge is 0.327 e. The minimum absolute atomic E-state index is 0.143. The molecule has 0 aliphatic carbocycles. The molecule has 0 saturated heterocycles. The Morgan fingerprint density at radius 2 is 2.16 bits per heavy atom. The first-order valence-corrected chi connectivity index (χ1v) is 8.88. The molecule has 0 aliphatic rings. The summed E-state index contributed by atoms with van der Waals surface area (Å²) in [4.78, 5) is 19.5. The second-order valence-electron chi connectivity index (χ2n) is 6.10. The lowest BCUT2D eigenvalue weighted by molar-refractivity contribution is 0.185. The second kappa shape index (κ2) is 7.85. The summed E-state index contributed by atoms with van der Waals surface area (Å²) in [6.45, 7) is 3.32. The summed E-state index contributed by atoms with van der Waals surface area (Å²) in [5.41, 5.74) is 4.03. The Kier molecular flexibility index (Phi) is 5.56. The van der Waals surface area contributed by atoms with Gasteiger partial charge in [-0.05, 0) is 23.6 Å². The highest BCUT2D eigenvalue weighted by molar-refractivity contribution is 6.34. The first-order chi connectivity index (χ1) is 12.2. The van der Waals surface area contributed by atoms with E-state index in [1.54, 1.807) is 17.9 Å². The van der Waals surface area contributed by atoms with E-state index in [0.29, 0.717) is 23.8 Å². The van der Waals surface area contributed by atoms with Crippen LogP contribution in [-0.2, 0) is 17.9 Å². The molecule has 0 bridgehead atoms. The van der Waals surface area contributed by atoms with Gasteiger partial charge >= 0.3 is 5.69 Å². The number of nitrogens with one attached hydrogen (secondary N) is 1. The summed E-state index contributed by atoms with van der Waals surface area (Å²) in [7, 11) is 1.67. The maximum absolute atomic E-state index is 12.4. The van der Waals surface area contributed by atoms with E-state index in [1.165, 1.54) is 0 Å². The standard InChI is InChI=1S/C19H22ClN3O2/c1-3-4-5-9-23-17-16(14-8-6-7-13(10-14)12-25-2)15(20)11-21-18(17)22-19(23)24/h6-8,10-11H,3-5,9,12H2,1-2H3,(H,21,22,24). The molecule has 1 N–H and O–H groups in total. The number of ether oxygens (including phenoxy) is 1.